The summed E-state index contributed by atoms with van der Waals surface area (Å²) >= 11 is 12.6. The van der Waals surface area contributed by atoms with Crippen LogP contribution in [0.4, 0.5) is 11.4 Å². The predicted molar refractivity (Wildman–Crippen MR) is 192 cm³/mol. The average Bonchev–Trinajstić information content (AvgIpc) is 3.68. The third-order valence-electron chi connectivity index (χ3n) is 8.93. The predicted octanol–water partition coefficient (Wildman–Crippen LogP) is 6.08. The molecule has 5 aromatic rings. The molecule has 4 aromatic carbocycles. The van der Waals surface area contributed by atoms with E-state index in [1.807, 2.05) is 34.7 Å². The second-order valence-electron chi connectivity index (χ2n) is 11.9. The molecule has 2 aliphatic heterocycles. The van der Waals surface area contributed by atoms with Crippen molar-refractivity contribution in [2.75, 3.05) is 41.9 Å². The summed E-state index contributed by atoms with van der Waals surface area (Å²) in [5.41, 5.74) is 6.76. The molecular weight excluding hydrogens is 683 g/mol. The first kappa shape index (κ1) is 32.7. The Bertz CT molecular complexity index is 2140. The van der Waals surface area contributed by atoms with E-state index >= 15 is 0 Å². The molecule has 2 fully saturated rings. The largest absolute Gasteiger partial charge is 0.360 e. The average molecular weight is 716 g/mol. The fraction of sp³-hybridized carbons (Fsp3) is 0.194. The number of imidazole rings is 1. The van der Waals surface area contributed by atoms with Crippen LogP contribution in [0.5, 0.6) is 0 Å². The molecular formula is C36H32Cl2N6O4S. The summed E-state index contributed by atoms with van der Waals surface area (Å²) in [4.78, 5) is 36.4. The van der Waals surface area contributed by atoms with E-state index < -0.39 is 16.1 Å². The van der Waals surface area contributed by atoms with E-state index in [1.54, 1.807) is 30.5 Å². The minimum atomic E-state index is -3.93. The first-order valence-electron chi connectivity index (χ1n) is 15.8. The molecule has 1 atom stereocenters. The number of aromatic amines is 1. The SMILES string of the molecule is CCN1CCN(c2ccc(-c3ccc(C(c4ccc(N5CC(=O)NS5(=O)=O)cc4)c4ncc(-c5ccc(Cl)cc5Cl)[nH]4)cc3)cc2)CC1=O. The van der Waals surface area contributed by atoms with Gasteiger partial charge in [0.25, 0.3) is 5.91 Å². The Kier molecular flexibility index (Phi) is 8.82. The molecule has 7 rings (SSSR count). The van der Waals surface area contributed by atoms with Crippen LogP contribution in [0.3, 0.4) is 0 Å². The van der Waals surface area contributed by atoms with Crippen LogP contribution >= 0.6 is 23.2 Å². The number of hydrogen-bond acceptors (Lipinski definition) is 6. The van der Waals surface area contributed by atoms with Crippen LogP contribution in [0.15, 0.2) is 97.2 Å². The fourth-order valence-electron chi connectivity index (χ4n) is 6.34. The number of rotatable bonds is 8. The Morgan fingerprint density at radius 1 is 0.816 bits per heavy atom. The summed E-state index contributed by atoms with van der Waals surface area (Å²) in [5.74, 6) is -0.120. The molecule has 0 spiro atoms. The van der Waals surface area contributed by atoms with E-state index in [2.05, 4.69) is 58.4 Å². The second-order valence-corrected chi connectivity index (χ2v) is 14.4. The monoisotopic (exact) mass is 714 g/mol. The van der Waals surface area contributed by atoms with Gasteiger partial charge in [-0.05, 0) is 71.6 Å². The Morgan fingerprint density at radius 3 is 2.04 bits per heavy atom. The van der Waals surface area contributed by atoms with Crippen LogP contribution < -0.4 is 13.9 Å². The molecule has 0 saturated carbocycles. The van der Waals surface area contributed by atoms with Gasteiger partial charge < -0.3 is 14.8 Å². The van der Waals surface area contributed by atoms with Gasteiger partial charge >= 0.3 is 10.2 Å². The number of likely N-dealkylation sites (N-methyl/N-ethyl adjacent to an activating group) is 1. The lowest BCUT2D eigenvalue weighted by molar-refractivity contribution is -0.130. The van der Waals surface area contributed by atoms with Gasteiger partial charge in [-0.25, -0.2) is 14.0 Å². The van der Waals surface area contributed by atoms with E-state index in [0.717, 1.165) is 63.1 Å². The van der Waals surface area contributed by atoms with Gasteiger partial charge in [0.2, 0.25) is 5.91 Å². The van der Waals surface area contributed by atoms with Crippen LogP contribution in [-0.4, -0.2) is 67.8 Å². The maximum atomic E-state index is 12.4. The van der Waals surface area contributed by atoms with Crippen LogP contribution in [0, 0.1) is 0 Å². The molecule has 2 N–H and O–H groups in total. The molecule has 10 nitrogen and oxygen atoms in total. The summed E-state index contributed by atoms with van der Waals surface area (Å²) in [6.45, 7) is 4.36. The number of halogens is 2. The number of carbonyl (C=O) groups is 2. The lowest BCUT2D eigenvalue weighted by Crippen LogP contribution is -2.50. The van der Waals surface area contributed by atoms with Crippen molar-refractivity contribution in [1.82, 2.24) is 19.6 Å². The number of benzene rings is 4. The molecule has 49 heavy (non-hydrogen) atoms. The zero-order chi connectivity index (χ0) is 34.3. The van der Waals surface area contributed by atoms with E-state index in [1.165, 1.54) is 0 Å². The smallest absolute Gasteiger partial charge is 0.326 e. The highest BCUT2D eigenvalue weighted by molar-refractivity contribution is 7.92. The number of nitrogens with zero attached hydrogens (tertiary/aromatic N) is 4. The minimum Gasteiger partial charge on any atom is -0.360 e. The highest BCUT2D eigenvalue weighted by Crippen LogP contribution is 2.36. The molecule has 250 valence electrons. The quantitative estimate of drug-likeness (QED) is 0.201. The van der Waals surface area contributed by atoms with Gasteiger partial charge in [0.05, 0.1) is 35.1 Å². The Morgan fingerprint density at radius 2 is 1.45 bits per heavy atom. The van der Waals surface area contributed by atoms with Crippen molar-refractivity contribution in [1.29, 1.82) is 0 Å². The first-order valence-corrected chi connectivity index (χ1v) is 18.0. The summed E-state index contributed by atoms with van der Waals surface area (Å²) in [7, 11) is -3.93. The molecule has 1 aromatic heterocycles. The third kappa shape index (κ3) is 6.61. The molecule has 2 aliphatic rings. The lowest BCUT2D eigenvalue weighted by Gasteiger charge is -2.35. The summed E-state index contributed by atoms with van der Waals surface area (Å²) in [6, 6.07) is 28.8. The molecule has 2 amide bonds. The molecule has 1 unspecified atom stereocenters. The minimum absolute atomic E-state index is 0.144. The highest BCUT2D eigenvalue weighted by Gasteiger charge is 2.34. The number of anilines is 2. The van der Waals surface area contributed by atoms with E-state index in [0.29, 0.717) is 28.1 Å². The Balaban J connectivity index is 1.19. The number of carbonyl (C=O) groups excluding carboxylic acids is 2. The summed E-state index contributed by atoms with van der Waals surface area (Å²) in [5, 5.41) is 1.02. The second kappa shape index (κ2) is 13.2. The summed E-state index contributed by atoms with van der Waals surface area (Å²) < 4.78 is 27.9. The molecule has 0 radical (unpaired) electrons. The Labute approximate surface area is 294 Å². The molecule has 13 heteroatoms. The maximum absolute atomic E-state index is 12.4. The van der Waals surface area contributed by atoms with Crippen molar-refractivity contribution in [3.8, 4) is 22.4 Å². The number of piperazine rings is 1. The van der Waals surface area contributed by atoms with Gasteiger partial charge in [0.1, 0.15) is 12.4 Å². The molecule has 3 heterocycles. The van der Waals surface area contributed by atoms with Crippen LogP contribution in [-0.2, 0) is 19.8 Å². The Hall–Kier alpha value is -4.84. The zero-order valence-electron chi connectivity index (χ0n) is 26.4. The standard InChI is InChI=1S/C36H32Cl2N6O4S/c1-2-42-17-18-43(22-34(42)46)28-12-7-24(8-13-28)23-3-5-25(6-4-23)35(36-39-20-32(40-36)30-16-11-27(37)19-31(30)38)26-9-14-29(15-10-26)44-21-33(45)41-49(44,47)48/h3-16,19-20,35H,2,17-18,21-22H2,1H3,(H,39,40)(H,41,45). The fourth-order valence-corrected chi connectivity index (χ4v) is 8.00. The van der Waals surface area contributed by atoms with Crippen molar-refractivity contribution in [2.24, 2.45) is 0 Å². The highest BCUT2D eigenvalue weighted by atomic mass is 35.5. The van der Waals surface area contributed by atoms with Gasteiger partial charge in [0, 0.05) is 35.9 Å². The number of hydrogen-bond donors (Lipinski definition) is 2. The van der Waals surface area contributed by atoms with Crippen LogP contribution in [0.1, 0.15) is 29.8 Å². The number of aromatic nitrogens is 2. The van der Waals surface area contributed by atoms with Gasteiger partial charge in [-0.3, -0.25) is 9.59 Å². The molecule has 0 bridgehead atoms. The maximum Gasteiger partial charge on any atom is 0.326 e. The third-order valence-corrected chi connectivity index (χ3v) is 10.9. The number of nitrogens with one attached hydrogen (secondary N) is 2. The van der Waals surface area contributed by atoms with Crippen LogP contribution in [0.25, 0.3) is 22.4 Å². The number of amides is 2. The van der Waals surface area contributed by atoms with Crippen LogP contribution in [0.2, 0.25) is 10.0 Å². The molecule has 2 saturated heterocycles. The lowest BCUT2D eigenvalue weighted by atomic mass is 9.89. The van der Waals surface area contributed by atoms with Crippen molar-refractivity contribution in [2.45, 2.75) is 12.8 Å². The van der Waals surface area contributed by atoms with Crippen molar-refractivity contribution in [3.05, 3.63) is 124 Å². The molecule has 0 aliphatic carbocycles. The first-order chi connectivity index (χ1) is 23.6. The van der Waals surface area contributed by atoms with E-state index in [9.17, 15) is 18.0 Å². The van der Waals surface area contributed by atoms with Crippen molar-refractivity contribution < 1.29 is 18.0 Å². The van der Waals surface area contributed by atoms with E-state index in [4.69, 9.17) is 28.2 Å². The van der Waals surface area contributed by atoms with Crippen molar-refractivity contribution >= 4 is 56.6 Å². The van der Waals surface area contributed by atoms with Gasteiger partial charge in [-0.1, -0.05) is 71.7 Å². The topological polar surface area (TPSA) is 119 Å². The van der Waals surface area contributed by atoms with Crippen molar-refractivity contribution in [3.63, 3.8) is 0 Å². The zero-order valence-corrected chi connectivity index (χ0v) is 28.8. The number of H-pyrrole nitrogens is 1. The van der Waals surface area contributed by atoms with Gasteiger partial charge in [-0.2, -0.15) is 8.42 Å². The van der Waals surface area contributed by atoms with E-state index in [-0.39, 0.29) is 18.4 Å². The normalized spacial score (nSPS) is 16.6. The van der Waals surface area contributed by atoms with Gasteiger partial charge in [0.15, 0.2) is 0 Å². The summed E-state index contributed by atoms with van der Waals surface area (Å²) in [6.07, 6.45) is 1.73. The van der Waals surface area contributed by atoms with Gasteiger partial charge in [-0.15, -0.1) is 0 Å².